The summed E-state index contributed by atoms with van der Waals surface area (Å²) in [6, 6.07) is 18.5. The number of para-hydroxylation sites is 1. The first-order valence-corrected chi connectivity index (χ1v) is 9.98. The van der Waals surface area contributed by atoms with Crippen molar-refractivity contribution in [2.45, 2.75) is 26.4 Å². The van der Waals surface area contributed by atoms with Crippen molar-refractivity contribution < 1.29 is 4.74 Å². The van der Waals surface area contributed by atoms with Crippen LogP contribution in [0.3, 0.4) is 0 Å². The van der Waals surface area contributed by atoms with Crippen LogP contribution in [0.2, 0.25) is 0 Å². The van der Waals surface area contributed by atoms with Gasteiger partial charge in [-0.1, -0.05) is 48.5 Å². The van der Waals surface area contributed by atoms with E-state index in [0.29, 0.717) is 6.54 Å². The number of hydrogen-bond acceptors (Lipinski definition) is 3. The van der Waals surface area contributed by atoms with Gasteiger partial charge in [-0.15, -0.1) is 0 Å². The second-order valence-corrected chi connectivity index (χ2v) is 6.64. The van der Waals surface area contributed by atoms with Crippen LogP contribution < -0.4 is 15.4 Å². The fourth-order valence-corrected chi connectivity index (χ4v) is 3.13. The van der Waals surface area contributed by atoms with Gasteiger partial charge in [0.1, 0.15) is 18.1 Å². The summed E-state index contributed by atoms with van der Waals surface area (Å²) in [5, 5.41) is 6.70. The third-order valence-corrected chi connectivity index (χ3v) is 4.60. The summed E-state index contributed by atoms with van der Waals surface area (Å²) in [4.78, 5) is 9.19. The van der Waals surface area contributed by atoms with E-state index >= 15 is 0 Å². The number of imidazole rings is 1. The number of aliphatic imine (C=N–C) groups is 1. The molecule has 0 aliphatic rings. The van der Waals surface area contributed by atoms with Crippen molar-refractivity contribution in [3.8, 4) is 5.75 Å². The highest BCUT2D eigenvalue weighted by Gasteiger charge is 2.05. The zero-order chi connectivity index (χ0) is 20.3. The zero-order valence-electron chi connectivity index (χ0n) is 17.1. The lowest BCUT2D eigenvalue weighted by atomic mass is 10.1. The highest BCUT2D eigenvalue weighted by Crippen LogP contribution is 2.17. The van der Waals surface area contributed by atoms with Crippen molar-refractivity contribution in [3.05, 3.63) is 83.9 Å². The number of guanidine groups is 1. The molecule has 0 aliphatic carbocycles. The molecule has 3 aromatic rings. The number of aromatic nitrogens is 2. The van der Waals surface area contributed by atoms with Crippen LogP contribution in [-0.4, -0.2) is 35.7 Å². The molecule has 2 N–H and O–H groups in total. The fraction of sp³-hybridized carbons (Fsp3) is 0.304. The predicted octanol–water partition coefficient (Wildman–Crippen LogP) is 3.24. The molecule has 2 aromatic carbocycles. The normalized spacial score (nSPS) is 11.3. The summed E-state index contributed by atoms with van der Waals surface area (Å²) < 4.78 is 7.56. The van der Waals surface area contributed by atoms with Crippen molar-refractivity contribution in [1.82, 2.24) is 20.2 Å². The van der Waals surface area contributed by atoms with E-state index in [1.165, 1.54) is 11.1 Å². The Morgan fingerprint density at radius 2 is 1.86 bits per heavy atom. The summed E-state index contributed by atoms with van der Waals surface area (Å²) in [6.45, 7) is 4.95. The lowest BCUT2D eigenvalue weighted by Gasteiger charge is -2.13. The number of nitrogens with zero attached hydrogens (tertiary/aromatic N) is 3. The van der Waals surface area contributed by atoms with Crippen molar-refractivity contribution in [1.29, 1.82) is 0 Å². The first-order valence-electron chi connectivity index (χ1n) is 9.98. The van der Waals surface area contributed by atoms with E-state index in [-0.39, 0.29) is 0 Å². The molecule has 3 rings (SSSR count). The monoisotopic (exact) mass is 391 g/mol. The number of rotatable bonds is 9. The van der Waals surface area contributed by atoms with E-state index in [9.17, 15) is 0 Å². The Morgan fingerprint density at radius 1 is 1.07 bits per heavy atom. The summed E-state index contributed by atoms with van der Waals surface area (Å²) in [7, 11) is 1.70. The van der Waals surface area contributed by atoms with Crippen LogP contribution in [0.15, 0.2) is 72.0 Å². The number of hydrogen-bond donors (Lipinski definition) is 2. The van der Waals surface area contributed by atoms with Crippen molar-refractivity contribution >= 4 is 5.96 Å². The van der Waals surface area contributed by atoms with E-state index in [4.69, 9.17) is 9.73 Å². The van der Waals surface area contributed by atoms with Crippen LogP contribution in [0.5, 0.6) is 5.75 Å². The highest BCUT2D eigenvalue weighted by molar-refractivity contribution is 5.79. The molecule has 6 heteroatoms. The van der Waals surface area contributed by atoms with Gasteiger partial charge in [-0.05, 0) is 30.5 Å². The summed E-state index contributed by atoms with van der Waals surface area (Å²) in [5.41, 5.74) is 2.43. The van der Waals surface area contributed by atoms with E-state index < -0.39 is 0 Å². The van der Waals surface area contributed by atoms with E-state index in [0.717, 1.165) is 43.6 Å². The average molecular weight is 392 g/mol. The Bertz CT molecular complexity index is 904. The maximum Gasteiger partial charge on any atom is 0.191 e. The molecular weight excluding hydrogens is 362 g/mol. The van der Waals surface area contributed by atoms with Gasteiger partial charge in [0.2, 0.25) is 0 Å². The van der Waals surface area contributed by atoms with Gasteiger partial charge in [-0.2, -0.15) is 0 Å². The average Bonchev–Trinajstić information content (AvgIpc) is 3.20. The van der Waals surface area contributed by atoms with Gasteiger partial charge in [-0.25, -0.2) is 9.98 Å². The van der Waals surface area contributed by atoms with Crippen LogP contribution in [0, 0.1) is 0 Å². The minimum Gasteiger partial charge on any atom is -0.496 e. The van der Waals surface area contributed by atoms with Gasteiger partial charge in [0.25, 0.3) is 0 Å². The van der Waals surface area contributed by atoms with Crippen LogP contribution in [0.4, 0.5) is 0 Å². The lowest BCUT2D eigenvalue weighted by molar-refractivity contribution is 0.409. The topological polar surface area (TPSA) is 63.5 Å². The molecule has 0 atom stereocenters. The Balaban J connectivity index is 1.59. The van der Waals surface area contributed by atoms with Crippen molar-refractivity contribution in [3.63, 3.8) is 0 Å². The summed E-state index contributed by atoms with van der Waals surface area (Å²) in [6.07, 6.45) is 4.69. The molecule has 0 spiro atoms. The van der Waals surface area contributed by atoms with Gasteiger partial charge in [0, 0.05) is 32.0 Å². The van der Waals surface area contributed by atoms with Gasteiger partial charge >= 0.3 is 0 Å². The standard InChI is InChI=1S/C23H29N5O/c1-3-24-23(26-14-13-20-11-7-8-12-21(20)29-2)27-17-22-25-15-16-28(22)18-19-9-5-4-6-10-19/h4-12,15-16H,3,13-14,17-18H2,1-2H3,(H2,24,26,27). The minimum absolute atomic E-state index is 0.518. The Morgan fingerprint density at radius 3 is 2.66 bits per heavy atom. The number of benzene rings is 2. The SMILES string of the molecule is CCNC(=NCc1nccn1Cc1ccccc1)NCCc1ccccc1OC. The van der Waals surface area contributed by atoms with Gasteiger partial charge in [0.05, 0.1) is 7.11 Å². The lowest BCUT2D eigenvalue weighted by Crippen LogP contribution is -2.38. The molecule has 0 amide bonds. The Hall–Kier alpha value is -3.28. The molecule has 0 radical (unpaired) electrons. The molecule has 0 saturated carbocycles. The Labute approximate surface area is 172 Å². The zero-order valence-corrected chi connectivity index (χ0v) is 17.1. The minimum atomic E-state index is 0.518. The van der Waals surface area contributed by atoms with Crippen molar-refractivity contribution in [2.75, 3.05) is 20.2 Å². The van der Waals surface area contributed by atoms with Crippen LogP contribution >= 0.6 is 0 Å². The molecule has 29 heavy (non-hydrogen) atoms. The van der Waals surface area contributed by atoms with E-state index in [2.05, 4.69) is 57.4 Å². The molecular formula is C23H29N5O. The van der Waals surface area contributed by atoms with E-state index in [1.807, 2.05) is 36.7 Å². The second-order valence-electron chi connectivity index (χ2n) is 6.64. The molecule has 1 heterocycles. The maximum absolute atomic E-state index is 5.42. The highest BCUT2D eigenvalue weighted by atomic mass is 16.5. The first kappa shape index (κ1) is 20.5. The molecule has 0 unspecified atom stereocenters. The molecule has 0 aliphatic heterocycles. The summed E-state index contributed by atoms with van der Waals surface area (Å²) >= 11 is 0. The van der Waals surface area contributed by atoms with Crippen molar-refractivity contribution in [2.24, 2.45) is 4.99 Å². The van der Waals surface area contributed by atoms with Crippen LogP contribution in [-0.2, 0) is 19.5 Å². The largest absolute Gasteiger partial charge is 0.496 e. The molecule has 0 bridgehead atoms. The van der Waals surface area contributed by atoms with Gasteiger partial charge in [0.15, 0.2) is 5.96 Å². The van der Waals surface area contributed by atoms with Crippen LogP contribution in [0.1, 0.15) is 23.9 Å². The number of nitrogens with one attached hydrogen (secondary N) is 2. The number of methoxy groups -OCH3 is 1. The maximum atomic E-state index is 5.42. The van der Waals surface area contributed by atoms with Gasteiger partial charge < -0.3 is 19.9 Å². The molecule has 0 saturated heterocycles. The van der Waals surface area contributed by atoms with Crippen LogP contribution in [0.25, 0.3) is 0 Å². The molecule has 152 valence electrons. The first-order chi connectivity index (χ1) is 14.3. The predicted molar refractivity (Wildman–Crippen MR) is 117 cm³/mol. The number of ether oxygens (including phenoxy) is 1. The molecule has 1 aromatic heterocycles. The smallest absolute Gasteiger partial charge is 0.191 e. The third-order valence-electron chi connectivity index (χ3n) is 4.60. The van der Waals surface area contributed by atoms with E-state index in [1.54, 1.807) is 7.11 Å². The molecule has 0 fully saturated rings. The fourth-order valence-electron chi connectivity index (χ4n) is 3.13. The second kappa shape index (κ2) is 10.9. The Kier molecular flexibility index (Phi) is 7.69. The summed E-state index contributed by atoms with van der Waals surface area (Å²) in [5.74, 6) is 2.65. The molecule has 6 nitrogen and oxygen atoms in total. The quantitative estimate of drug-likeness (QED) is 0.434. The third kappa shape index (κ3) is 6.10. The van der Waals surface area contributed by atoms with Gasteiger partial charge in [-0.3, -0.25) is 0 Å².